The van der Waals surface area contributed by atoms with Gasteiger partial charge in [0, 0.05) is 36.1 Å². The molecule has 2 unspecified atom stereocenters. The maximum absolute atomic E-state index is 13.5. The van der Waals surface area contributed by atoms with Crippen molar-refractivity contribution in [1.82, 2.24) is 9.80 Å². The van der Waals surface area contributed by atoms with Crippen molar-refractivity contribution in [3.8, 4) is 0 Å². The van der Waals surface area contributed by atoms with E-state index in [-0.39, 0.29) is 48.2 Å². The highest BCUT2D eigenvalue weighted by Gasteiger charge is 2.26. The molecule has 0 spiro atoms. The van der Waals surface area contributed by atoms with E-state index in [1.54, 1.807) is 0 Å². The van der Waals surface area contributed by atoms with Crippen LogP contribution < -0.4 is 0 Å². The fraction of sp³-hybridized carbons (Fsp3) is 0.588. The van der Waals surface area contributed by atoms with Gasteiger partial charge in [0.05, 0.1) is 0 Å². The topological polar surface area (TPSA) is 40.6 Å². The Kier molecular flexibility index (Phi) is 16.7. The molecular weight excluding hydrogens is 539 g/mol. The summed E-state index contributed by atoms with van der Waals surface area (Å²) in [5, 5.41) is 0. The van der Waals surface area contributed by atoms with Crippen molar-refractivity contribution in [2.24, 2.45) is 11.8 Å². The smallest absolute Gasteiger partial charge is 0.167 e. The third-order valence-electron chi connectivity index (χ3n) is 8.57. The fourth-order valence-corrected chi connectivity index (χ4v) is 6.33. The molecule has 2 aliphatic rings. The van der Waals surface area contributed by atoms with Gasteiger partial charge in [0.25, 0.3) is 0 Å². The molecule has 2 aromatic rings. The first-order chi connectivity index (χ1) is 18.7. The van der Waals surface area contributed by atoms with Crippen LogP contribution in [0, 0.1) is 11.8 Å². The first-order valence-electron chi connectivity index (χ1n) is 15.3. The predicted molar refractivity (Wildman–Crippen MR) is 171 cm³/mol. The first kappa shape index (κ1) is 34.5. The van der Waals surface area contributed by atoms with Crippen LogP contribution in [0.15, 0.2) is 60.7 Å². The molecule has 0 bridgehead atoms. The minimum Gasteiger partial charge on any atom is -0.303 e. The zero-order chi connectivity index (χ0) is 26.4. The van der Waals surface area contributed by atoms with Crippen LogP contribution in [0.2, 0.25) is 0 Å². The summed E-state index contributed by atoms with van der Waals surface area (Å²) in [6.07, 6.45) is 14.0. The van der Waals surface area contributed by atoms with Gasteiger partial charge >= 0.3 is 0 Å². The first-order valence-corrected chi connectivity index (χ1v) is 15.3. The number of likely N-dealkylation sites (tertiary alicyclic amines) is 2. The predicted octanol–water partition coefficient (Wildman–Crippen LogP) is 8.14. The Bertz CT molecular complexity index is 877. The van der Waals surface area contributed by atoms with Crippen LogP contribution in [0.25, 0.3) is 0 Å². The number of benzene rings is 2. The standard InChI is InChI=1S/C34H48N2O2.2ClH/c37-33(29-17-7-5-8-18-29)31(27-35-23-13-1-2-14-24-35)21-11-12-22-32(28-36-25-15-3-4-16-26-36)34(38)30-19-9-6-10-20-30;;/h5-10,17-20,31-32H,1-4,11-16,21-28H2;2*1H. The molecule has 0 N–H and O–H groups in total. The summed E-state index contributed by atoms with van der Waals surface area (Å²) in [5.74, 6) is 0.640. The number of halogens is 2. The molecular formula is C34H50Cl2N2O2. The zero-order valence-corrected chi connectivity index (χ0v) is 25.8. The molecule has 222 valence electrons. The van der Waals surface area contributed by atoms with E-state index >= 15 is 0 Å². The monoisotopic (exact) mass is 588 g/mol. The highest BCUT2D eigenvalue weighted by molar-refractivity contribution is 5.98. The average Bonchev–Trinajstić information content (AvgIpc) is 3.39. The largest absolute Gasteiger partial charge is 0.303 e. The summed E-state index contributed by atoms with van der Waals surface area (Å²) in [4.78, 5) is 32.1. The van der Waals surface area contributed by atoms with E-state index in [9.17, 15) is 9.59 Å². The van der Waals surface area contributed by atoms with Crippen molar-refractivity contribution >= 4 is 36.4 Å². The van der Waals surface area contributed by atoms with Crippen molar-refractivity contribution in [3.63, 3.8) is 0 Å². The van der Waals surface area contributed by atoms with Gasteiger partial charge < -0.3 is 9.80 Å². The number of hydrogen-bond acceptors (Lipinski definition) is 4. The van der Waals surface area contributed by atoms with E-state index in [1.807, 2.05) is 60.7 Å². The van der Waals surface area contributed by atoms with E-state index < -0.39 is 0 Å². The van der Waals surface area contributed by atoms with E-state index in [0.717, 1.165) is 76.1 Å². The lowest BCUT2D eigenvalue weighted by molar-refractivity contribution is 0.0848. The van der Waals surface area contributed by atoms with E-state index in [2.05, 4.69) is 9.80 Å². The number of rotatable bonds is 13. The fourth-order valence-electron chi connectivity index (χ4n) is 6.33. The SMILES string of the molecule is Cl.Cl.O=C(c1ccccc1)C(CCCCC(CN1CCCCCC1)C(=O)c1ccccc1)CN1CCCCCC1. The Labute approximate surface area is 255 Å². The Morgan fingerprint density at radius 3 is 1.18 bits per heavy atom. The number of carbonyl (C=O) groups excluding carboxylic acids is 2. The molecule has 2 atom stereocenters. The summed E-state index contributed by atoms with van der Waals surface area (Å²) >= 11 is 0. The van der Waals surface area contributed by atoms with Gasteiger partial charge in [0.15, 0.2) is 11.6 Å². The van der Waals surface area contributed by atoms with Crippen LogP contribution in [0.3, 0.4) is 0 Å². The minimum atomic E-state index is 0. The normalized spacial score (nSPS) is 18.3. The quantitative estimate of drug-likeness (QED) is 0.175. The van der Waals surface area contributed by atoms with Crippen molar-refractivity contribution in [2.75, 3.05) is 39.3 Å². The van der Waals surface area contributed by atoms with E-state index in [0.29, 0.717) is 0 Å². The molecule has 2 fully saturated rings. The molecule has 40 heavy (non-hydrogen) atoms. The van der Waals surface area contributed by atoms with Gasteiger partial charge in [-0.25, -0.2) is 0 Å². The second kappa shape index (κ2) is 19.4. The van der Waals surface area contributed by atoms with Gasteiger partial charge in [-0.15, -0.1) is 24.8 Å². The molecule has 2 heterocycles. The van der Waals surface area contributed by atoms with Crippen molar-refractivity contribution < 1.29 is 9.59 Å². The van der Waals surface area contributed by atoms with Gasteiger partial charge in [-0.05, 0) is 64.7 Å². The molecule has 4 rings (SSSR count). The molecule has 6 heteroatoms. The third-order valence-corrected chi connectivity index (χ3v) is 8.57. The Hall–Kier alpha value is -1.72. The summed E-state index contributed by atoms with van der Waals surface area (Å²) in [5.41, 5.74) is 1.68. The number of nitrogens with zero attached hydrogens (tertiary/aromatic N) is 2. The molecule has 2 saturated heterocycles. The van der Waals surface area contributed by atoms with Gasteiger partial charge in [-0.2, -0.15) is 0 Å². The van der Waals surface area contributed by atoms with Crippen LogP contribution in [0.1, 0.15) is 97.8 Å². The lowest BCUT2D eigenvalue weighted by atomic mass is 9.88. The van der Waals surface area contributed by atoms with Crippen molar-refractivity contribution in [3.05, 3.63) is 71.8 Å². The van der Waals surface area contributed by atoms with Crippen molar-refractivity contribution in [2.45, 2.75) is 77.0 Å². The van der Waals surface area contributed by atoms with E-state index in [4.69, 9.17) is 0 Å². The molecule has 0 saturated carbocycles. The minimum absolute atomic E-state index is 0. The number of unbranched alkanes of at least 4 members (excludes halogenated alkanes) is 1. The second-order valence-electron chi connectivity index (χ2n) is 11.6. The second-order valence-corrected chi connectivity index (χ2v) is 11.6. The maximum atomic E-state index is 13.5. The number of hydrogen-bond donors (Lipinski definition) is 0. The summed E-state index contributed by atoms with van der Waals surface area (Å²) in [6, 6.07) is 19.7. The Morgan fingerprint density at radius 2 is 0.850 bits per heavy atom. The lowest BCUT2D eigenvalue weighted by Gasteiger charge is -2.27. The van der Waals surface area contributed by atoms with Gasteiger partial charge in [-0.3, -0.25) is 9.59 Å². The summed E-state index contributed by atoms with van der Waals surface area (Å²) < 4.78 is 0. The Balaban J connectivity index is 0.00000280. The van der Waals surface area contributed by atoms with Crippen LogP contribution in [-0.2, 0) is 0 Å². The molecule has 2 aromatic carbocycles. The summed E-state index contributed by atoms with van der Waals surface area (Å²) in [6.45, 7) is 6.19. The molecule has 4 nitrogen and oxygen atoms in total. The van der Waals surface area contributed by atoms with Gasteiger partial charge in [0.2, 0.25) is 0 Å². The highest BCUT2D eigenvalue weighted by Crippen LogP contribution is 2.24. The average molecular weight is 590 g/mol. The number of Topliss-reactive ketones (excluding diaryl/α,β-unsaturated/α-hetero) is 2. The van der Waals surface area contributed by atoms with Crippen LogP contribution >= 0.6 is 24.8 Å². The number of carbonyl (C=O) groups is 2. The maximum Gasteiger partial charge on any atom is 0.167 e. The molecule has 0 aliphatic carbocycles. The molecule has 0 radical (unpaired) electrons. The number of ketones is 2. The van der Waals surface area contributed by atoms with Crippen LogP contribution in [-0.4, -0.2) is 60.6 Å². The van der Waals surface area contributed by atoms with Crippen LogP contribution in [0.5, 0.6) is 0 Å². The molecule has 2 aliphatic heterocycles. The molecule has 0 aromatic heterocycles. The van der Waals surface area contributed by atoms with Crippen LogP contribution in [0.4, 0.5) is 0 Å². The van der Waals surface area contributed by atoms with Crippen molar-refractivity contribution in [1.29, 1.82) is 0 Å². The Morgan fingerprint density at radius 1 is 0.525 bits per heavy atom. The lowest BCUT2D eigenvalue weighted by Crippen LogP contribution is -2.35. The third kappa shape index (κ3) is 11.3. The molecule has 0 amide bonds. The summed E-state index contributed by atoms with van der Waals surface area (Å²) in [7, 11) is 0. The van der Waals surface area contributed by atoms with E-state index in [1.165, 1.54) is 51.4 Å². The van der Waals surface area contributed by atoms with Gasteiger partial charge in [-0.1, -0.05) is 99.2 Å². The highest BCUT2D eigenvalue weighted by atomic mass is 35.5. The zero-order valence-electron chi connectivity index (χ0n) is 24.2. The van der Waals surface area contributed by atoms with Gasteiger partial charge in [0.1, 0.15) is 0 Å².